The van der Waals surface area contributed by atoms with Gasteiger partial charge in [0.2, 0.25) is 5.91 Å². The summed E-state index contributed by atoms with van der Waals surface area (Å²) in [6, 6.07) is 13.4. The Hall–Kier alpha value is -3.06. The van der Waals surface area contributed by atoms with E-state index >= 15 is 0 Å². The normalized spacial score (nSPS) is 15.0. The minimum absolute atomic E-state index is 0.0212. The average Bonchev–Trinajstić information content (AvgIpc) is 2.99. The van der Waals surface area contributed by atoms with Crippen LogP contribution >= 0.6 is 0 Å². The molecule has 2 N–H and O–H groups in total. The summed E-state index contributed by atoms with van der Waals surface area (Å²) in [5.74, 6) is 1.74. The van der Waals surface area contributed by atoms with E-state index in [0.29, 0.717) is 32.5 Å². The van der Waals surface area contributed by atoms with Crippen LogP contribution in [0, 0.1) is 0 Å². The largest absolute Gasteiger partial charge is 0.339 e. The van der Waals surface area contributed by atoms with Crippen LogP contribution in [0.5, 0.6) is 0 Å². The molecule has 0 saturated carbocycles. The van der Waals surface area contributed by atoms with E-state index in [9.17, 15) is 4.79 Å². The van der Waals surface area contributed by atoms with E-state index in [1.807, 2.05) is 39.9 Å². The average molecular weight is 376 g/mol. The standard InChI is InChI=1S/C21H24N6O/c22-18(14-17-6-9-23-10-7-17)21(28)26-11-8-20-24-19(25-27(20)13-12-26)15-16-4-2-1-3-5-16/h1-7,9-10,18H,8,11-15,22H2/t18-/m0/s1. The molecule has 1 aliphatic heterocycles. The number of pyridine rings is 1. The highest BCUT2D eigenvalue weighted by Crippen LogP contribution is 2.12. The number of rotatable bonds is 5. The maximum Gasteiger partial charge on any atom is 0.239 e. The quantitative estimate of drug-likeness (QED) is 0.723. The van der Waals surface area contributed by atoms with Crippen LogP contribution in [-0.4, -0.2) is 49.7 Å². The molecule has 1 aromatic carbocycles. The molecular weight excluding hydrogens is 352 g/mol. The Balaban J connectivity index is 1.37. The number of hydrogen-bond donors (Lipinski definition) is 1. The highest BCUT2D eigenvalue weighted by atomic mass is 16.2. The van der Waals surface area contributed by atoms with Crippen LogP contribution in [0.25, 0.3) is 0 Å². The van der Waals surface area contributed by atoms with E-state index in [1.54, 1.807) is 12.4 Å². The van der Waals surface area contributed by atoms with E-state index in [-0.39, 0.29) is 5.91 Å². The van der Waals surface area contributed by atoms with Crippen molar-refractivity contribution in [1.29, 1.82) is 0 Å². The molecule has 7 heteroatoms. The van der Waals surface area contributed by atoms with E-state index in [0.717, 1.165) is 23.6 Å². The lowest BCUT2D eigenvalue weighted by Gasteiger charge is -2.23. The SMILES string of the molecule is N[C@@H](Cc1ccncc1)C(=O)N1CCc2nc(Cc3ccccc3)nn2CC1. The Labute approximate surface area is 164 Å². The van der Waals surface area contributed by atoms with Gasteiger partial charge in [-0.2, -0.15) is 5.10 Å². The molecule has 0 spiro atoms. The van der Waals surface area contributed by atoms with Crippen molar-refractivity contribution >= 4 is 5.91 Å². The summed E-state index contributed by atoms with van der Waals surface area (Å²) in [5, 5.41) is 4.64. The molecule has 3 aromatic rings. The predicted molar refractivity (Wildman–Crippen MR) is 105 cm³/mol. The van der Waals surface area contributed by atoms with Gasteiger partial charge < -0.3 is 10.6 Å². The number of benzene rings is 1. The first kappa shape index (κ1) is 18.3. The Bertz CT molecular complexity index is 899. The van der Waals surface area contributed by atoms with Crippen LogP contribution in [0.2, 0.25) is 0 Å². The van der Waals surface area contributed by atoms with Crippen LogP contribution in [0.1, 0.15) is 22.8 Å². The van der Waals surface area contributed by atoms with Crippen molar-refractivity contribution in [3.63, 3.8) is 0 Å². The monoisotopic (exact) mass is 376 g/mol. The molecule has 1 amide bonds. The first-order valence-corrected chi connectivity index (χ1v) is 9.59. The summed E-state index contributed by atoms with van der Waals surface area (Å²) in [4.78, 5) is 23.3. The molecule has 0 radical (unpaired) electrons. The maximum absolute atomic E-state index is 12.8. The summed E-state index contributed by atoms with van der Waals surface area (Å²) < 4.78 is 1.93. The minimum atomic E-state index is -0.547. The molecule has 0 bridgehead atoms. The second kappa shape index (κ2) is 8.31. The molecule has 1 atom stereocenters. The summed E-state index contributed by atoms with van der Waals surface area (Å²) in [6.07, 6.45) is 5.36. The van der Waals surface area contributed by atoms with E-state index in [4.69, 9.17) is 5.73 Å². The molecule has 0 unspecified atom stereocenters. The van der Waals surface area contributed by atoms with Crippen LogP contribution in [0.15, 0.2) is 54.9 Å². The smallest absolute Gasteiger partial charge is 0.239 e. The molecule has 144 valence electrons. The van der Waals surface area contributed by atoms with Gasteiger partial charge in [0, 0.05) is 38.3 Å². The van der Waals surface area contributed by atoms with Gasteiger partial charge in [-0.1, -0.05) is 30.3 Å². The Morgan fingerprint density at radius 2 is 1.82 bits per heavy atom. The number of carbonyl (C=O) groups is 1. The van der Waals surface area contributed by atoms with Crippen LogP contribution < -0.4 is 5.73 Å². The molecule has 0 fully saturated rings. The van der Waals surface area contributed by atoms with Crippen molar-refractivity contribution in [3.8, 4) is 0 Å². The summed E-state index contributed by atoms with van der Waals surface area (Å²) >= 11 is 0. The molecule has 3 heterocycles. The van der Waals surface area contributed by atoms with E-state index in [1.165, 1.54) is 5.56 Å². The lowest BCUT2D eigenvalue weighted by atomic mass is 10.1. The van der Waals surface area contributed by atoms with Gasteiger partial charge in [0.1, 0.15) is 5.82 Å². The fourth-order valence-corrected chi connectivity index (χ4v) is 3.52. The third-order valence-corrected chi connectivity index (χ3v) is 5.02. The molecule has 28 heavy (non-hydrogen) atoms. The highest BCUT2D eigenvalue weighted by molar-refractivity contribution is 5.82. The van der Waals surface area contributed by atoms with Gasteiger partial charge in [-0.05, 0) is 29.7 Å². The molecule has 4 rings (SSSR count). The summed E-state index contributed by atoms with van der Waals surface area (Å²) in [7, 11) is 0. The van der Waals surface area contributed by atoms with Gasteiger partial charge in [0.15, 0.2) is 5.82 Å². The topological polar surface area (TPSA) is 89.9 Å². The zero-order valence-electron chi connectivity index (χ0n) is 15.7. The molecule has 0 saturated heterocycles. The van der Waals surface area contributed by atoms with Crippen molar-refractivity contribution < 1.29 is 4.79 Å². The lowest BCUT2D eigenvalue weighted by molar-refractivity contribution is -0.132. The Kier molecular flexibility index (Phi) is 5.43. The first-order chi connectivity index (χ1) is 13.7. The number of carbonyl (C=O) groups excluding carboxylic acids is 1. The second-order valence-electron chi connectivity index (χ2n) is 7.07. The number of amides is 1. The molecule has 2 aromatic heterocycles. The number of nitrogens with zero attached hydrogens (tertiary/aromatic N) is 5. The van der Waals surface area contributed by atoms with Crippen molar-refractivity contribution in [3.05, 3.63) is 77.6 Å². The lowest BCUT2D eigenvalue weighted by Crippen LogP contribution is -2.46. The van der Waals surface area contributed by atoms with Gasteiger partial charge in [-0.25, -0.2) is 9.67 Å². The number of nitrogens with two attached hydrogens (primary N) is 1. The highest BCUT2D eigenvalue weighted by Gasteiger charge is 2.25. The van der Waals surface area contributed by atoms with Crippen molar-refractivity contribution in [1.82, 2.24) is 24.6 Å². The third kappa shape index (κ3) is 4.26. The van der Waals surface area contributed by atoms with Gasteiger partial charge in [-0.15, -0.1) is 0 Å². The Morgan fingerprint density at radius 1 is 1.04 bits per heavy atom. The van der Waals surface area contributed by atoms with E-state index in [2.05, 4.69) is 27.2 Å². The van der Waals surface area contributed by atoms with Crippen LogP contribution in [0.4, 0.5) is 0 Å². The summed E-state index contributed by atoms with van der Waals surface area (Å²) in [5.41, 5.74) is 8.39. The predicted octanol–water partition coefficient (Wildman–Crippen LogP) is 1.22. The van der Waals surface area contributed by atoms with Gasteiger partial charge in [0.25, 0.3) is 0 Å². The fourth-order valence-electron chi connectivity index (χ4n) is 3.52. The first-order valence-electron chi connectivity index (χ1n) is 9.59. The Morgan fingerprint density at radius 3 is 2.61 bits per heavy atom. The second-order valence-corrected chi connectivity index (χ2v) is 7.07. The zero-order valence-corrected chi connectivity index (χ0v) is 15.7. The fraction of sp³-hybridized carbons (Fsp3) is 0.333. The number of fused-ring (bicyclic) bond motifs is 1. The molecule has 1 aliphatic rings. The number of aromatic nitrogens is 4. The molecular formula is C21H24N6O. The molecule has 0 aliphatic carbocycles. The molecule has 7 nitrogen and oxygen atoms in total. The van der Waals surface area contributed by atoms with Gasteiger partial charge >= 0.3 is 0 Å². The van der Waals surface area contributed by atoms with Crippen molar-refractivity contribution in [2.75, 3.05) is 13.1 Å². The van der Waals surface area contributed by atoms with Gasteiger partial charge in [-0.3, -0.25) is 9.78 Å². The maximum atomic E-state index is 12.8. The van der Waals surface area contributed by atoms with Crippen LogP contribution in [0.3, 0.4) is 0 Å². The van der Waals surface area contributed by atoms with Crippen molar-refractivity contribution in [2.24, 2.45) is 5.73 Å². The number of hydrogen-bond acceptors (Lipinski definition) is 5. The van der Waals surface area contributed by atoms with E-state index < -0.39 is 6.04 Å². The minimum Gasteiger partial charge on any atom is -0.339 e. The van der Waals surface area contributed by atoms with Crippen molar-refractivity contribution in [2.45, 2.75) is 31.8 Å². The zero-order chi connectivity index (χ0) is 19.3. The third-order valence-electron chi connectivity index (χ3n) is 5.02. The summed E-state index contributed by atoms with van der Waals surface area (Å²) in [6.45, 7) is 1.86. The van der Waals surface area contributed by atoms with Gasteiger partial charge in [0.05, 0.1) is 12.6 Å². The van der Waals surface area contributed by atoms with Crippen LogP contribution in [-0.2, 0) is 30.6 Å².